The Hall–Kier alpha value is -1.55. The van der Waals surface area contributed by atoms with Gasteiger partial charge in [-0.2, -0.15) is 5.10 Å². The molecule has 5 heteroatoms. The number of nitrogens with one attached hydrogen (secondary N) is 2. The minimum Gasteiger partial charge on any atom is -0.378 e. The summed E-state index contributed by atoms with van der Waals surface area (Å²) in [6.07, 6.45) is 6.95. The molecule has 0 aliphatic carbocycles. The number of halogens is 1. The average Bonchev–Trinajstić information content (AvgIpc) is 2.69. The van der Waals surface area contributed by atoms with Gasteiger partial charge in [0, 0.05) is 24.5 Å². The summed E-state index contributed by atoms with van der Waals surface area (Å²) in [5, 5.41) is 10.4. The Morgan fingerprint density at radius 2 is 2.36 bits per heavy atom. The molecule has 4 nitrogen and oxygen atoms in total. The fourth-order valence-electron chi connectivity index (χ4n) is 1.08. The van der Waals surface area contributed by atoms with Crippen LogP contribution in [0.1, 0.15) is 5.56 Å². The van der Waals surface area contributed by atoms with Crippen molar-refractivity contribution in [2.75, 3.05) is 5.32 Å². The van der Waals surface area contributed by atoms with E-state index in [2.05, 4.69) is 20.5 Å². The third-order valence-corrected chi connectivity index (χ3v) is 2.14. The molecular weight excluding hydrogens is 200 g/mol. The van der Waals surface area contributed by atoms with Gasteiger partial charge in [0.15, 0.2) is 0 Å². The third-order valence-electron chi connectivity index (χ3n) is 1.81. The van der Waals surface area contributed by atoms with E-state index in [1.54, 1.807) is 24.7 Å². The Balaban J connectivity index is 2.02. The molecule has 0 saturated heterocycles. The second-order valence-electron chi connectivity index (χ2n) is 2.82. The van der Waals surface area contributed by atoms with Crippen LogP contribution in [0.5, 0.6) is 0 Å². The standard InChI is InChI=1S/C9H9ClN4/c10-8-1-2-11-6-9(8)12-3-7-4-13-14-5-7/h1-2,4-6,12H,3H2,(H,13,14). The summed E-state index contributed by atoms with van der Waals surface area (Å²) in [7, 11) is 0. The second-order valence-corrected chi connectivity index (χ2v) is 3.22. The van der Waals surface area contributed by atoms with Crippen molar-refractivity contribution in [3.05, 3.63) is 41.4 Å². The molecule has 2 N–H and O–H groups in total. The minimum atomic E-state index is 0.670. The van der Waals surface area contributed by atoms with Crippen molar-refractivity contribution >= 4 is 17.3 Å². The fraction of sp³-hybridized carbons (Fsp3) is 0.111. The molecule has 0 radical (unpaired) electrons. The summed E-state index contributed by atoms with van der Waals surface area (Å²) < 4.78 is 0. The Kier molecular flexibility index (Phi) is 2.65. The molecule has 0 saturated carbocycles. The first-order valence-electron chi connectivity index (χ1n) is 4.17. The van der Waals surface area contributed by atoms with E-state index in [0.29, 0.717) is 11.6 Å². The molecule has 0 aromatic carbocycles. The maximum Gasteiger partial charge on any atom is 0.0718 e. The van der Waals surface area contributed by atoms with E-state index < -0.39 is 0 Å². The van der Waals surface area contributed by atoms with Crippen molar-refractivity contribution in [1.82, 2.24) is 15.2 Å². The third kappa shape index (κ3) is 2.03. The molecule has 14 heavy (non-hydrogen) atoms. The lowest BCUT2D eigenvalue weighted by atomic mass is 10.3. The normalized spacial score (nSPS) is 10.1. The number of hydrogen-bond acceptors (Lipinski definition) is 3. The number of H-pyrrole nitrogens is 1. The average molecular weight is 209 g/mol. The number of aromatic amines is 1. The molecule has 0 amide bonds. The molecule has 0 aliphatic rings. The van der Waals surface area contributed by atoms with Crippen LogP contribution in [0.4, 0.5) is 5.69 Å². The molecule has 2 rings (SSSR count). The smallest absolute Gasteiger partial charge is 0.0718 e. The van der Waals surface area contributed by atoms with E-state index in [0.717, 1.165) is 11.3 Å². The maximum atomic E-state index is 5.94. The molecule has 2 aromatic rings. The van der Waals surface area contributed by atoms with E-state index in [4.69, 9.17) is 11.6 Å². The quantitative estimate of drug-likeness (QED) is 0.812. The number of nitrogens with zero attached hydrogens (tertiary/aromatic N) is 2. The molecule has 2 heterocycles. The fourth-order valence-corrected chi connectivity index (χ4v) is 1.25. The van der Waals surface area contributed by atoms with E-state index >= 15 is 0 Å². The molecule has 0 spiro atoms. The van der Waals surface area contributed by atoms with Crippen molar-refractivity contribution in [2.24, 2.45) is 0 Å². The highest BCUT2D eigenvalue weighted by Gasteiger charge is 1.99. The predicted molar refractivity (Wildman–Crippen MR) is 55.2 cm³/mol. The van der Waals surface area contributed by atoms with Crippen molar-refractivity contribution in [2.45, 2.75) is 6.54 Å². The number of rotatable bonds is 3. The Morgan fingerprint density at radius 1 is 1.43 bits per heavy atom. The molecule has 0 unspecified atom stereocenters. The lowest BCUT2D eigenvalue weighted by molar-refractivity contribution is 1.09. The first-order valence-corrected chi connectivity index (χ1v) is 4.55. The number of pyridine rings is 1. The van der Waals surface area contributed by atoms with Crippen molar-refractivity contribution < 1.29 is 0 Å². The van der Waals surface area contributed by atoms with E-state index in [1.807, 2.05) is 6.20 Å². The highest BCUT2D eigenvalue weighted by Crippen LogP contribution is 2.19. The number of anilines is 1. The van der Waals surface area contributed by atoms with Gasteiger partial charge in [-0.15, -0.1) is 0 Å². The first kappa shape index (κ1) is 9.02. The molecule has 0 fully saturated rings. The number of aromatic nitrogens is 3. The van der Waals surface area contributed by atoms with Crippen LogP contribution in [-0.4, -0.2) is 15.2 Å². The van der Waals surface area contributed by atoms with E-state index in [-0.39, 0.29) is 0 Å². The van der Waals surface area contributed by atoms with Gasteiger partial charge in [0.25, 0.3) is 0 Å². The Labute approximate surface area is 86.3 Å². The van der Waals surface area contributed by atoms with Crippen LogP contribution in [0.25, 0.3) is 0 Å². The lowest BCUT2D eigenvalue weighted by Crippen LogP contribution is -1.98. The van der Waals surface area contributed by atoms with Crippen LogP contribution in [0, 0.1) is 0 Å². The summed E-state index contributed by atoms with van der Waals surface area (Å²) >= 11 is 5.94. The Bertz CT molecular complexity index is 399. The zero-order chi connectivity index (χ0) is 9.80. The van der Waals surface area contributed by atoms with Crippen LogP contribution in [0.3, 0.4) is 0 Å². The van der Waals surface area contributed by atoms with Gasteiger partial charge in [-0.25, -0.2) is 0 Å². The summed E-state index contributed by atoms with van der Waals surface area (Å²) in [6.45, 7) is 0.682. The summed E-state index contributed by atoms with van der Waals surface area (Å²) in [6, 6.07) is 1.75. The van der Waals surface area contributed by atoms with E-state index in [1.165, 1.54) is 0 Å². The van der Waals surface area contributed by atoms with Crippen LogP contribution < -0.4 is 5.32 Å². The van der Waals surface area contributed by atoms with Gasteiger partial charge in [-0.05, 0) is 6.07 Å². The largest absolute Gasteiger partial charge is 0.378 e. The first-order chi connectivity index (χ1) is 6.86. The number of hydrogen-bond donors (Lipinski definition) is 2. The van der Waals surface area contributed by atoms with Crippen LogP contribution in [-0.2, 0) is 6.54 Å². The lowest BCUT2D eigenvalue weighted by Gasteiger charge is -2.05. The van der Waals surface area contributed by atoms with Gasteiger partial charge in [0.05, 0.1) is 23.1 Å². The summed E-state index contributed by atoms with van der Waals surface area (Å²) in [4.78, 5) is 3.98. The van der Waals surface area contributed by atoms with Gasteiger partial charge >= 0.3 is 0 Å². The molecule has 0 atom stereocenters. The highest BCUT2D eigenvalue weighted by molar-refractivity contribution is 6.33. The summed E-state index contributed by atoms with van der Waals surface area (Å²) in [5.74, 6) is 0. The zero-order valence-electron chi connectivity index (χ0n) is 7.37. The van der Waals surface area contributed by atoms with Gasteiger partial charge in [0.1, 0.15) is 0 Å². The molecule has 0 aliphatic heterocycles. The summed E-state index contributed by atoms with van der Waals surface area (Å²) in [5.41, 5.74) is 1.90. The monoisotopic (exact) mass is 208 g/mol. The topological polar surface area (TPSA) is 53.6 Å². The highest BCUT2D eigenvalue weighted by atomic mass is 35.5. The SMILES string of the molecule is Clc1ccncc1NCc1cn[nH]c1. The van der Waals surface area contributed by atoms with Crippen molar-refractivity contribution in [3.8, 4) is 0 Å². The molecule has 2 aromatic heterocycles. The van der Waals surface area contributed by atoms with E-state index in [9.17, 15) is 0 Å². The molecule has 0 bridgehead atoms. The zero-order valence-corrected chi connectivity index (χ0v) is 8.12. The van der Waals surface area contributed by atoms with Crippen molar-refractivity contribution in [3.63, 3.8) is 0 Å². The van der Waals surface area contributed by atoms with Crippen LogP contribution >= 0.6 is 11.6 Å². The van der Waals surface area contributed by atoms with Crippen LogP contribution in [0.2, 0.25) is 5.02 Å². The maximum absolute atomic E-state index is 5.94. The second kappa shape index (κ2) is 4.11. The predicted octanol–water partition coefficient (Wildman–Crippen LogP) is 2.07. The van der Waals surface area contributed by atoms with Gasteiger partial charge in [0.2, 0.25) is 0 Å². The van der Waals surface area contributed by atoms with Gasteiger partial charge in [-0.1, -0.05) is 11.6 Å². The minimum absolute atomic E-state index is 0.670. The Morgan fingerprint density at radius 3 is 3.07 bits per heavy atom. The van der Waals surface area contributed by atoms with Gasteiger partial charge < -0.3 is 5.32 Å². The van der Waals surface area contributed by atoms with Gasteiger partial charge in [-0.3, -0.25) is 10.1 Å². The molecule has 72 valence electrons. The molecular formula is C9H9ClN4. The van der Waals surface area contributed by atoms with Crippen molar-refractivity contribution in [1.29, 1.82) is 0 Å². The van der Waals surface area contributed by atoms with Crippen LogP contribution in [0.15, 0.2) is 30.9 Å².